The highest BCUT2D eigenvalue weighted by molar-refractivity contribution is 5.39. The Hall–Kier alpha value is -1.64. The Kier molecular flexibility index (Phi) is 6.86. The van der Waals surface area contributed by atoms with E-state index < -0.39 is 6.43 Å². The van der Waals surface area contributed by atoms with Crippen LogP contribution in [-0.2, 0) is 0 Å². The quantitative estimate of drug-likeness (QED) is 0.796. The molecule has 0 amide bonds. The Morgan fingerprint density at radius 3 is 2.89 bits per heavy atom. The second-order valence-electron chi connectivity index (χ2n) is 3.99. The third-order valence-electron chi connectivity index (χ3n) is 2.34. The Morgan fingerprint density at radius 2 is 2.21 bits per heavy atom. The molecular formula is C14H17F2NO2. The SMILES string of the molecule is CN(CCOc1cccc(C#CCO)c1)CC(F)F. The molecule has 0 heterocycles. The number of ether oxygens (including phenoxy) is 1. The van der Waals surface area contributed by atoms with Gasteiger partial charge in [0.2, 0.25) is 0 Å². The van der Waals surface area contributed by atoms with Crippen LogP contribution in [0.3, 0.4) is 0 Å². The molecule has 1 aromatic rings. The van der Waals surface area contributed by atoms with Crippen LogP contribution in [0.4, 0.5) is 8.78 Å². The van der Waals surface area contributed by atoms with Crippen LogP contribution in [0.5, 0.6) is 5.75 Å². The van der Waals surface area contributed by atoms with Crippen LogP contribution in [-0.4, -0.2) is 49.8 Å². The van der Waals surface area contributed by atoms with Gasteiger partial charge in [-0.05, 0) is 25.2 Å². The third-order valence-corrected chi connectivity index (χ3v) is 2.34. The smallest absolute Gasteiger partial charge is 0.251 e. The molecule has 0 saturated carbocycles. The third kappa shape index (κ3) is 6.75. The number of halogens is 2. The number of likely N-dealkylation sites (N-methyl/N-ethyl adjacent to an activating group) is 1. The van der Waals surface area contributed by atoms with E-state index in [1.807, 2.05) is 0 Å². The summed E-state index contributed by atoms with van der Waals surface area (Å²) in [4.78, 5) is 1.51. The van der Waals surface area contributed by atoms with Gasteiger partial charge in [0.1, 0.15) is 19.0 Å². The summed E-state index contributed by atoms with van der Waals surface area (Å²) < 4.78 is 29.6. The van der Waals surface area contributed by atoms with E-state index in [1.165, 1.54) is 4.90 Å². The van der Waals surface area contributed by atoms with Crippen LogP contribution in [0.25, 0.3) is 0 Å². The number of rotatable bonds is 6. The van der Waals surface area contributed by atoms with E-state index in [0.717, 1.165) is 5.56 Å². The Morgan fingerprint density at radius 1 is 1.42 bits per heavy atom. The topological polar surface area (TPSA) is 32.7 Å². The summed E-state index contributed by atoms with van der Waals surface area (Å²) in [5.41, 5.74) is 0.743. The molecule has 0 aliphatic carbocycles. The maximum atomic E-state index is 12.1. The monoisotopic (exact) mass is 269 g/mol. The summed E-state index contributed by atoms with van der Waals surface area (Å²) in [6.45, 7) is 0.311. The molecule has 0 atom stereocenters. The van der Waals surface area contributed by atoms with Crippen molar-refractivity contribution in [2.45, 2.75) is 6.43 Å². The number of aliphatic hydroxyl groups excluding tert-OH is 1. The zero-order chi connectivity index (χ0) is 14.1. The zero-order valence-corrected chi connectivity index (χ0v) is 10.8. The molecule has 0 bridgehead atoms. The number of nitrogens with zero attached hydrogens (tertiary/aromatic N) is 1. The highest BCUT2D eigenvalue weighted by Crippen LogP contribution is 2.12. The highest BCUT2D eigenvalue weighted by Gasteiger charge is 2.07. The maximum Gasteiger partial charge on any atom is 0.251 e. The fourth-order valence-electron chi connectivity index (χ4n) is 1.45. The van der Waals surface area contributed by atoms with Crippen LogP contribution in [0, 0.1) is 11.8 Å². The van der Waals surface area contributed by atoms with Crippen molar-refractivity contribution in [1.82, 2.24) is 4.90 Å². The van der Waals surface area contributed by atoms with Crippen molar-refractivity contribution >= 4 is 0 Å². The first-order valence-electron chi connectivity index (χ1n) is 5.91. The molecule has 0 aliphatic rings. The summed E-state index contributed by atoms with van der Waals surface area (Å²) in [5, 5.41) is 8.60. The molecule has 1 rings (SSSR count). The lowest BCUT2D eigenvalue weighted by Gasteiger charge is -2.16. The van der Waals surface area contributed by atoms with Crippen molar-refractivity contribution in [3.05, 3.63) is 29.8 Å². The fraction of sp³-hybridized carbons (Fsp3) is 0.429. The van der Waals surface area contributed by atoms with E-state index in [1.54, 1.807) is 31.3 Å². The molecule has 0 fully saturated rings. The van der Waals surface area contributed by atoms with Crippen LogP contribution in [0.1, 0.15) is 5.56 Å². The van der Waals surface area contributed by atoms with Gasteiger partial charge in [-0.1, -0.05) is 17.9 Å². The molecule has 0 radical (unpaired) electrons. The molecule has 3 nitrogen and oxygen atoms in total. The van der Waals surface area contributed by atoms with Gasteiger partial charge in [0.05, 0.1) is 6.54 Å². The number of aliphatic hydroxyl groups is 1. The first kappa shape index (κ1) is 15.4. The molecule has 0 spiro atoms. The summed E-state index contributed by atoms with van der Waals surface area (Å²) in [6.07, 6.45) is -2.33. The largest absolute Gasteiger partial charge is 0.492 e. The highest BCUT2D eigenvalue weighted by atomic mass is 19.3. The minimum Gasteiger partial charge on any atom is -0.492 e. The van der Waals surface area contributed by atoms with Gasteiger partial charge in [-0.3, -0.25) is 4.90 Å². The molecule has 19 heavy (non-hydrogen) atoms. The van der Waals surface area contributed by atoms with E-state index in [4.69, 9.17) is 9.84 Å². The molecular weight excluding hydrogens is 252 g/mol. The van der Waals surface area contributed by atoms with Gasteiger partial charge in [-0.2, -0.15) is 0 Å². The molecule has 5 heteroatoms. The second-order valence-corrected chi connectivity index (χ2v) is 3.99. The predicted molar refractivity (Wildman–Crippen MR) is 69.4 cm³/mol. The Bertz CT molecular complexity index is 441. The summed E-state index contributed by atoms with van der Waals surface area (Å²) in [6, 6.07) is 7.12. The van der Waals surface area contributed by atoms with E-state index in [9.17, 15) is 8.78 Å². The lowest BCUT2D eigenvalue weighted by Crippen LogP contribution is -2.28. The first-order valence-corrected chi connectivity index (χ1v) is 5.91. The van der Waals surface area contributed by atoms with Gasteiger partial charge in [-0.15, -0.1) is 0 Å². The van der Waals surface area contributed by atoms with E-state index in [2.05, 4.69) is 11.8 Å². The van der Waals surface area contributed by atoms with Gasteiger partial charge < -0.3 is 9.84 Å². The fourth-order valence-corrected chi connectivity index (χ4v) is 1.45. The molecule has 1 aromatic carbocycles. The second kappa shape index (κ2) is 8.46. The number of hydrogen-bond donors (Lipinski definition) is 1. The van der Waals surface area contributed by atoms with Crippen molar-refractivity contribution in [2.24, 2.45) is 0 Å². The van der Waals surface area contributed by atoms with Gasteiger partial charge in [0.15, 0.2) is 0 Å². The minimum absolute atomic E-state index is 0.191. The normalized spacial score (nSPS) is 10.4. The van der Waals surface area contributed by atoms with Crippen LogP contribution < -0.4 is 4.74 Å². The number of benzene rings is 1. The van der Waals surface area contributed by atoms with Gasteiger partial charge in [-0.25, -0.2) is 8.78 Å². The molecule has 0 saturated heterocycles. The molecule has 0 aromatic heterocycles. The Labute approximate surface area is 111 Å². The van der Waals surface area contributed by atoms with Crippen molar-refractivity contribution in [1.29, 1.82) is 0 Å². The minimum atomic E-state index is -2.33. The van der Waals surface area contributed by atoms with Crippen LogP contribution >= 0.6 is 0 Å². The maximum absolute atomic E-state index is 12.1. The van der Waals surface area contributed by atoms with Gasteiger partial charge >= 0.3 is 0 Å². The van der Waals surface area contributed by atoms with Crippen molar-refractivity contribution in [3.63, 3.8) is 0 Å². The number of hydrogen-bond acceptors (Lipinski definition) is 3. The van der Waals surface area contributed by atoms with Gasteiger partial charge in [0.25, 0.3) is 6.43 Å². The standard InChI is InChI=1S/C14H17F2NO2/c1-17(11-14(15)16)7-9-19-13-6-2-4-12(10-13)5-3-8-18/h2,4,6,10,14,18H,7-9,11H2,1H3. The van der Waals surface area contributed by atoms with Crippen molar-refractivity contribution in [3.8, 4) is 17.6 Å². The molecule has 1 N–H and O–H groups in total. The summed E-state index contributed by atoms with van der Waals surface area (Å²) >= 11 is 0. The van der Waals surface area contributed by atoms with Crippen molar-refractivity contribution < 1.29 is 18.6 Å². The number of alkyl halides is 2. The van der Waals surface area contributed by atoms with Crippen LogP contribution in [0.2, 0.25) is 0 Å². The van der Waals surface area contributed by atoms with E-state index in [0.29, 0.717) is 18.9 Å². The van der Waals surface area contributed by atoms with Crippen LogP contribution in [0.15, 0.2) is 24.3 Å². The Balaban J connectivity index is 2.41. The molecule has 0 aliphatic heterocycles. The lowest BCUT2D eigenvalue weighted by atomic mass is 10.2. The average molecular weight is 269 g/mol. The molecule has 0 unspecified atom stereocenters. The predicted octanol–water partition coefficient (Wildman–Crippen LogP) is 1.61. The van der Waals surface area contributed by atoms with Gasteiger partial charge in [0, 0.05) is 12.1 Å². The molecule has 104 valence electrons. The average Bonchev–Trinajstić information content (AvgIpc) is 2.36. The van der Waals surface area contributed by atoms with E-state index >= 15 is 0 Å². The zero-order valence-electron chi connectivity index (χ0n) is 10.8. The van der Waals surface area contributed by atoms with E-state index in [-0.39, 0.29) is 13.2 Å². The first-order chi connectivity index (χ1) is 9.11. The summed E-state index contributed by atoms with van der Waals surface area (Å²) in [7, 11) is 1.62. The lowest BCUT2D eigenvalue weighted by molar-refractivity contribution is 0.0935. The summed E-state index contributed by atoms with van der Waals surface area (Å²) in [5.74, 6) is 5.95. The van der Waals surface area contributed by atoms with Crippen molar-refractivity contribution in [2.75, 3.05) is 33.4 Å².